The molecule has 1 aromatic heterocycles. The molecule has 3 rings (SSSR count). The average Bonchev–Trinajstić information content (AvgIpc) is 3.46. The van der Waals surface area contributed by atoms with Crippen LogP contribution >= 0.6 is 0 Å². The van der Waals surface area contributed by atoms with Gasteiger partial charge in [0, 0.05) is 23.9 Å². The van der Waals surface area contributed by atoms with Crippen LogP contribution in [0.4, 0.5) is 11.4 Å². The van der Waals surface area contributed by atoms with Crippen molar-refractivity contribution in [2.75, 3.05) is 4.90 Å². The van der Waals surface area contributed by atoms with E-state index in [1.807, 2.05) is 30.9 Å². The monoisotopic (exact) mass is 371 g/mol. The lowest BCUT2D eigenvalue weighted by Crippen LogP contribution is -2.42. The molecule has 1 N–H and O–H groups in total. The van der Waals surface area contributed by atoms with E-state index in [0.29, 0.717) is 12.2 Å². The van der Waals surface area contributed by atoms with Crippen LogP contribution in [0, 0.1) is 17.0 Å². The van der Waals surface area contributed by atoms with E-state index in [9.17, 15) is 20.0 Å². The molecular formula is C19H21N3O5. The van der Waals surface area contributed by atoms with Gasteiger partial charge in [-0.1, -0.05) is 6.92 Å². The van der Waals surface area contributed by atoms with Crippen molar-refractivity contribution in [2.45, 2.75) is 45.2 Å². The summed E-state index contributed by atoms with van der Waals surface area (Å²) in [6.07, 6.45) is 3.66. The maximum absolute atomic E-state index is 11.6. The molecule has 0 spiro atoms. The van der Waals surface area contributed by atoms with Crippen molar-refractivity contribution in [1.29, 1.82) is 0 Å². The Kier molecular flexibility index (Phi) is 5.25. The molecule has 1 aliphatic carbocycles. The number of hydrogen-bond acceptors (Lipinski definition) is 6. The van der Waals surface area contributed by atoms with Gasteiger partial charge in [0.15, 0.2) is 0 Å². The number of aliphatic carboxylic acids is 1. The minimum absolute atomic E-state index is 0.103. The molecule has 0 amide bonds. The lowest BCUT2D eigenvalue weighted by Gasteiger charge is -2.31. The molecule has 0 saturated heterocycles. The molecular weight excluding hydrogens is 350 g/mol. The van der Waals surface area contributed by atoms with Gasteiger partial charge < -0.3 is 14.7 Å². The van der Waals surface area contributed by atoms with Gasteiger partial charge in [0.1, 0.15) is 18.0 Å². The van der Waals surface area contributed by atoms with Gasteiger partial charge in [-0.3, -0.25) is 10.1 Å². The van der Waals surface area contributed by atoms with E-state index in [4.69, 9.17) is 4.74 Å². The Balaban J connectivity index is 1.82. The Morgan fingerprint density at radius 3 is 2.63 bits per heavy atom. The van der Waals surface area contributed by atoms with Crippen LogP contribution in [0.3, 0.4) is 0 Å². The third-order valence-corrected chi connectivity index (χ3v) is 4.55. The molecule has 8 heteroatoms. The summed E-state index contributed by atoms with van der Waals surface area (Å²) < 4.78 is 5.72. The van der Waals surface area contributed by atoms with Gasteiger partial charge in [0.25, 0.3) is 5.69 Å². The number of anilines is 1. The Morgan fingerprint density at radius 2 is 2.15 bits per heavy atom. The molecule has 27 heavy (non-hydrogen) atoms. The van der Waals surface area contributed by atoms with Gasteiger partial charge in [0.2, 0.25) is 5.88 Å². The summed E-state index contributed by atoms with van der Waals surface area (Å²) >= 11 is 0. The Labute approximate surface area is 156 Å². The second-order valence-corrected chi connectivity index (χ2v) is 6.56. The average molecular weight is 371 g/mol. The van der Waals surface area contributed by atoms with Gasteiger partial charge in [-0.25, -0.2) is 9.78 Å². The van der Waals surface area contributed by atoms with Crippen LogP contribution in [-0.4, -0.2) is 33.1 Å². The number of carbonyl (C=O) groups is 1. The van der Waals surface area contributed by atoms with Crippen molar-refractivity contribution in [3.8, 4) is 11.6 Å². The van der Waals surface area contributed by atoms with Crippen LogP contribution in [0.15, 0.2) is 36.5 Å². The van der Waals surface area contributed by atoms with Crippen molar-refractivity contribution in [2.24, 2.45) is 0 Å². The predicted molar refractivity (Wildman–Crippen MR) is 99.4 cm³/mol. The Hall–Kier alpha value is -3.16. The van der Waals surface area contributed by atoms with E-state index in [1.54, 1.807) is 6.07 Å². The van der Waals surface area contributed by atoms with E-state index in [2.05, 4.69) is 4.98 Å². The minimum Gasteiger partial charge on any atom is -0.480 e. The lowest BCUT2D eigenvalue weighted by atomic mass is 10.1. The highest BCUT2D eigenvalue weighted by Gasteiger charge is 2.36. The highest BCUT2D eigenvalue weighted by atomic mass is 16.6. The molecule has 1 aliphatic rings. The van der Waals surface area contributed by atoms with Gasteiger partial charge in [0.05, 0.1) is 4.92 Å². The highest BCUT2D eigenvalue weighted by Crippen LogP contribution is 2.37. The SMILES string of the molecule is CCC(C(=O)O)N(c1ccc(Oc2ccc([N+](=O)[O-])cn2)c(C)c1)C1CC1. The quantitative estimate of drug-likeness (QED) is 0.553. The molecule has 8 nitrogen and oxygen atoms in total. The fraction of sp³-hybridized carbons (Fsp3) is 0.368. The lowest BCUT2D eigenvalue weighted by molar-refractivity contribution is -0.385. The zero-order valence-electron chi connectivity index (χ0n) is 15.2. The summed E-state index contributed by atoms with van der Waals surface area (Å²) in [5.41, 5.74) is 1.58. The number of ether oxygens (including phenoxy) is 1. The number of hydrogen-bond donors (Lipinski definition) is 1. The first-order valence-corrected chi connectivity index (χ1v) is 8.80. The van der Waals surface area contributed by atoms with Gasteiger partial charge in [-0.05, 0) is 49.9 Å². The smallest absolute Gasteiger partial charge is 0.326 e. The van der Waals surface area contributed by atoms with Crippen LogP contribution in [0.2, 0.25) is 0 Å². The van der Waals surface area contributed by atoms with Crippen molar-refractivity contribution in [3.63, 3.8) is 0 Å². The maximum atomic E-state index is 11.6. The molecule has 0 aliphatic heterocycles. The number of rotatable bonds is 8. The number of carboxylic acids is 1. The first kappa shape index (κ1) is 18.6. The second-order valence-electron chi connectivity index (χ2n) is 6.56. The Bertz CT molecular complexity index is 849. The van der Waals surface area contributed by atoms with Crippen molar-refractivity contribution in [3.05, 3.63) is 52.2 Å². The van der Waals surface area contributed by atoms with Crippen LogP contribution in [0.25, 0.3) is 0 Å². The van der Waals surface area contributed by atoms with E-state index in [0.717, 1.165) is 30.3 Å². The number of nitrogens with zero attached hydrogens (tertiary/aromatic N) is 3. The van der Waals surface area contributed by atoms with Crippen LogP contribution in [-0.2, 0) is 4.79 Å². The highest BCUT2D eigenvalue weighted by molar-refractivity contribution is 5.79. The van der Waals surface area contributed by atoms with Crippen LogP contribution in [0.1, 0.15) is 31.7 Å². The van der Waals surface area contributed by atoms with Crippen LogP contribution in [0.5, 0.6) is 11.6 Å². The summed E-state index contributed by atoms with van der Waals surface area (Å²) in [7, 11) is 0. The minimum atomic E-state index is -0.822. The number of aromatic nitrogens is 1. The van der Waals surface area contributed by atoms with Gasteiger partial charge in [-0.15, -0.1) is 0 Å². The molecule has 2 aromatic rings. The first-order chi connectivity index (χ1) is 12.9. The molecule has 0 radical (unpaired) electrons. The fourth-order valence-electron chi connectivity index (χ4n) is 3.05. The van der Waals surface area contributed by atoms with Crippen LogP contribution < -0.4 is 9.64 Å². The van der Waals surface area contributed by atoms with E-state index >= 15 is 0 Å². The molecule has 1 atom stereocenters. The second kappa shape index (κ2) is 7.61. The van der Waals surface area contributed by atoms with E-state index in [1.165, 1.54) is 12.1 Å². The zero-order valence-corrected chi connectivity index (χ0v) is 15.2. The molecule has 142 valence electrons. The number of aryl methyl sites for hydroxylation is 1. The maximum Gasteiger partial charge on any atom is 0.326 e. The number of pyridine rings is 1. The summed E-state index contributed by atoms with van der Waals surface area (Å²) in [5.74, 6) is 0.00385. The van der Waals surface area contributed by atoms with Crippen molar-refractivity contribution >= 4 is 17.3 Å². The predicted octanol–water partition coefficient (Wildman–Crippen LogP) is 3.92. The number of carboxylic acid groups (broad SMARTS) is 1. The molecule has 1 aromatic carbocycles. The third-order valence-electron chi connectivity index (χ3n) is 4.55. The molecule has 1 unspecified atom stereocenters. The molecule has 0 bridgehead atoms. The van der Waals surface area contributed by atoms with Gasteiger partial charge in [-0.2, -0.15) is 0 Å². The molecule has 1 saturated carbocycles. The van der Waals surface area contributed by atoms with Gasteiger partial charge >= 0.3 is 5.97 Å². The van der Waals surface area contributed by atoms with Crippen molar-refractivity contribution in [1.82, 2.24) is 4.98 Å². The zero-order chi connectivity index (χ0) is 19.6. The molecule has 1 heterocycles. The first-order valence-electron chi connectivity index (χ1n) is 8.80. The number of benzene rings is 1. The van der Waals surface area contributed by atoms with Crippen molar-refractivity contribution < 1.29 is 19.6 Å². The molecule has 1 fully saturated rings. The van der Waals surface area contributed by atoms with E-state index < -0.39 is 16.9 Å². The summed E-state index contributed by atoms with van der Waals surface area (Å²) in [5, 5.41) is 20.2. The normalized spacial score (nSPS) is 14.4. The standard InChI is InChI=1S/C19H21N3O5/c1-3-16(19(23)24)21(13-4-5-13)14-6-8-17(12(2)10-14)27-18-9-7-15(11-20-18)22(25)26/h6-11,13,16H,3-5H2,1-2H3,(H,23,24). The topological polar surface area (TPSA) is 106 Å². The number of nitro groups is 1. The largest absolute Gasteiger partial charge is 0.480 e. The fourth-order valence-corrected chi connectivity index (χ4v) is 3.05. The summed E-state index contributed by atoms with van der Waals surface area (Å²) in [6, 6.07) is 8.01. The summed E-state index contributed by atoms with van der Waals surface area (Å²) in [6.45, 7) is 3.75. The third kappa shape index (κ3) is 4.16. The van der Waals surface area contributed by atoms with E-state index in [-0.39, 0.29) is 17.6 Å². The summed E-state index contributed by atoms with van der Waals surface area (Å²) in [4.78, 5) is 27.7. The Morgan fingerprint density at radius 1 is 1.41 bits per heavy atom.